The lowest BCUT2D eigenvalue weighted by molar-refractivity contribution is -0.165. The molecule has 3 aliphatic rings. The molecule has 2 aromatic carbocycles. The Morgan fingerprint density at radius 3 is 2.79 bits per heavy atom. The zero-order valence-corrected chi connectivity index (χ0v) is 14.8. The predicted octanol–water partition coefficient (Wildman–Crippen LogP) is 3.18. The molecule has 2 N–H and O–H groups in total. The number of aromatic nitrogens is 1. The average molecular weight is 368 g/mol. The van der Waals surface area contributed by atoms with Crippen LogP contribution in [0.2, 0.25) is 0 Å². The summed E-state index contributed by atoms with van der Waals surface area (Å²) < 4.78 is 6.42. The van der Waals surface area contributed by atoms with Gasteiger partial charge in [-0.1, -0.05) is 36.4 Å². The lowest BCUT2D eigenvalue weighted by Crippen LogP contribution is -2.60. The van der Waals surface area contributed by atoms with Crippen LogP contribution >= 0.6 is 0 Å². The molecule has 28 heavy (non-hydrogen) atoms. The third kappa shape index (κ3) is 1.90. The number of amides is 1. The van der Waals surface area contributed by atoms with Crippen molar-refractivity contribution in [2.24, 2.45) is 0 Å². The molecule has 0 bridgehead atoms. The van der Waals surface area contributed by atoms with E-state index in [1.807, 2.05) is 65.7 Å². The number of benzene rings is 2. The Hall–Kier alpha value is -3.64. The topological polar surface area (TPSA) is 66.5 Å². The minimum absolute atomic E-state index is 0.155. The summed E-state index contributed by atoms with van der Waals surface area (Å²) in [5.74, 6) is 0.502. The second-order valence-corrected chi connectivity index (χ2v) is 7.03. The molecule has 0 fully saturated rings. The molecule has 3 aromatic rings. The van der Waals surface area contributed by atoms with Crippen molar-refractivity contribution in [3.8, 4) is 5.75 Å². The van der Waals surface area contributed by atoms with Gasteiger partial charge < -0.3 is 15.5 Å². The van der Waals surface area contributed by atoms with Gasteiger partial charge in [-0.3, -0.25) is 9.78 Å². The van der Waals surface area contributed by atoms with E-state index in [0.29, 0.717) is 5.75 Å². The third-order valence-corrected chi connectivity index (χ3v) is 5.50. The standard InChI is InChI=1S/C22H16N4O2/c27-21-22(16-8-2-3-9-17(16)24-21)26-19(15-7-1-4-10-20(15)28-22)12-18(25-26)14-6-5-11-23-13-14/h1-13,19,25H,(H,24,27)/t19-,22+/m0/s1. The molecule has 1 aromatic heterocycles. The Bertz CT molecular complexity index is 1140. The van der Waals surface area contributed by atoms with Crippen LogP contribution in [0.15, 0.2) is 79.1 Å². The molecule has 3 aliphatic heterocycles. The highest BCUT2D eigenvalue weighted by Gasteiger charge is 2.60. The molecule has 1 spiro atoms. The number of hydrogen-bond donors (Lipinski definition) is 2. The van der Waals surface area contributed by atoms with Crippen molar-refractivity contribution in [1.29, 1.82) is 0 Å². The van der Waals surface area contributed by atoms with E-state index in [9.17, 15) is 4.79 Å². The molecule has 6 heteroatoms. The smallest absolute Gasteiger partial charge is 0.291 e. The van der Waals surface area contributed by atoms with Gasteiger partial charge in [0.25, 0.3) is 11.6 Å². The minimum atomic E-state index is -1.28. The molecule has 0 saturated carbocycles. The lowest BCUT2D eigenvalue weighted by Gasteiger charge is -2.44. The fourth-order valence-corrected chi connectivity index (χ4v) is 4.24. The summed E-state index contributed by atoms with van der Waals surface area (Å²) in [6.45, 7) is 0. The maximum atomic E-state index is 13.3. The van der Waals surface area contributed by atoms with E-state index >= 15 is 0 Å². The number of ether oxygens (including phenoxy) is 1. The number of para-hydroxylation sites is 2. The van der Waals surface area contributed by atoms with Gasteiger partial charge in [-0.2, -0.15) is 5.01 Å². The van der Waals surface area contributed by atoms with Crippen LogP contribution in [0.1, 0.15) is 22.7 Å². The van der Waals surface area contributed by atoms with Gasteiger partial charge in [0, 0.05) is 29.1 Å². The van der Waals surface area contributed by atoms with Gasteiger partial charge in [0.05, 0.1) is 17.4 Å². The number of fused-ring (bicyclic) bond motifs is 6. The number of hydrogen-bond acceptors (Lipinski definition) is 5. The number of pyridine rings is 1. The first-order valence-corrected chi connectivity index (χ1v) is 9.14. The summed E-state index contributed by atoms with van der Waals surface area (Å²) in [7, 11) is 0. The van der Waals surface area contributed by atoms with Crippen molar-refractivity contribution in [3.63, 3.8) is 0 Å². The average Bonchev–Trinajstić information content (AvgIpc) is 3.30. The zero-order valence-electron chi connectivity index (χ0n) is 14.8. The summed E-state index contributed by atoms with van der Waals surface area (Å²) in [5.41, 5.74) is 6.57. The largest absolute Gasteiger partial charge is 0.457 e. The molecule has 0 unspecified atom stereocenters. The monoisotopic (exact) mass is 368 g/mol. The fourth-order valence-electron chi connectivity index (χ4n) is 4.24. The molecule has 136 valence electrons. The van der Waals surface area contributed by atoms with Crippen LogP contribution in [-0.4, -0.2) is 15.9 Å². The second-order valence-electron chi connectivity index (χ2n) is 7.03. The summed E-state index contributed by atoms with van der Waals surface area (Å²) in [4.78, 5) is 17.5. The zero-order chi connectivity index (χ0) is 18.7. The molecule has 0 radical (unpaired) electrons. The number of carbonyl (C=O) groups excluding carboxylic acids is 1. The first-order chi connectivity index (χ1) is 13.8. The van der Waals surface area contributed by atoms with Crippen molar-refractivity contribution in [2.75, 3.05) is 5.32 Å². The van der Waals surface area contributed by atoms with Gasteiger partial charge in [0.2, 0.25) is 0 Å². The Morgan fingerprint density at radius 2 is 1.89 bits per heavy atom. The van der Waals surface area contributed by atoms with E-state index < -0.39 is 5.72 Å². The summed E-state index contributed by atoms with van der Waals surface area (Å²) in [5, 5.41) is 4.88. The van der Waals surface area contributed by atoms with E-state index in [1.54, 1.807) is 12.4 Å². The Labute approximate surface area is 161 Å². The lowest BCUT2D eigenvalue weighted by atomic mass is 9.95. The number of anilines is 1. The van der Waals surface area contributed by atoms with Crippen molar-refractivity contribution >= 4 is 17.3 Å². The Kier molecular flexibility index (Phi) is 2.99. The maximum absolute atomic E-state index is 13.3. The van der Waals surface area contributed by atoms with Crippen molar-refractivity contribution in [1.82, 2.24) is 15.4 Å². The third-order valence-electron chi connectivity index (χ3n) is 5.50. The summed E-state index contributed by atoms with van der Waals surface area (Å²) in [6.07, 6.45) is 5.67. The van der Waals surface area contributed by atoms with Gasteiger partial charge in [-0.25, -0.2) is 0 Å². The van der Waals surface area contributed by atoms with Gasteiger partial charge in [0.15, 0.2) is 0 Å². The Balaban J connectivity index is 1.57. The first-order valence-electron chi connectivity index (χ1n) is 9.14. The van der Waals surface area contributed by atoms with Crippen LogP contribution < -0.4 is 15.5 Å². The molecule has 2 atom stereocenters. The SMILES string of the molecule is O=C1Nc2ccccc2[C@@]12Oc1ccccc1[C@@H]1C=C(c3cccnc3)NN12. The van der Waals surface area contributed by atoms with Crippen molar-refractivity contribution < 1.29 is 9.53 Å². The summed E-state index contributed by atoms with van der Waals surface area (Å²) >= 11 is 0. The number of rotatable bonds is 1. The van der Waals surface area contributed by atoms with Gasteiger partial charge in [-0.05, 0) is 30.3 Å². The van der Waals surface area contributed by atoms with Crippen LogP contribution in [0.4, 0.5) is 5.69 Å². The van der Waals surface area contributed by atoms with E-state index in [4.69, 9.17) is 4.74 Å². The van der Waals surface area contributed by atoms with Crippen molar-refractivity contribution in [3.05, 3.63) is 95.8 Å². The van der Waals surface area contributed by atoms with Gasteiger partial charge >= 0.3 is 0 Å². The first kappa shape index (κ1) is 15.4. The highest BCUT2D eigenvalue weighted by molar-refractivity contribution is 6.05. The van der Waals surface area contributed by atoms with E-state index in [0.717, 1.165) is 28.1 Å². The van der Waals surface area contributed by atoms with E-state index in [2.05, 4.69) is 21.8 Å². The molecule has 6 nitrogen and oxygen atoms in total. The van der Waals surface area contributed by atoms with Crippen LogP contribution in [0.5, 0.6) is 5.75 Å². The number of nitrogens with one attached hydrogen (secondary N) is 2. The predicted molar refractivity (Wildman–Crippen MR) is 104 cm³/mol. The molecule has 1 amide bonds. The molecular weight excluding hydrogens is 352 g/mol. The maximum Gasteiger partial charge on any atom is 0.291 e. The molecule has 0 saturated heterocycles. The quantitative estimate of drug-likeness (QED) is 0.691. The molecule has 0 aliphatic carbocycles. The molecular formula is C22H16N4O2. The Morgan fingerprint density at radius 1 is 1.04 bits per heavy atom. The fraction of sp³-hybridized carbons (Fsp3) is 0.0909. The molecule has 6 rings (SSSR count). The van der Waals surface area contributed by atoms with Crippen molar-refractivity contribution in [2.45, 2.75) is 11.8 Å². The second kappa shape index (κ2) is 5.43. The van der Waals surface area contributed by atoms with Gasteiger partial charge in [-0.15, -0.1) is 0 Å². The van der Waals surface area contributed by atoms with Crippen LogP contribution in [0, 0.1) is 0 Å². The van der Waals surface area contributed by atoms with E-state index in [-0.39, 0.29) is 11.9 Å². The van der Waals surface area contributed by atoms with Crippen LogP contribution in [0.25, 0.3) is 5.70 Å². The number of hydrazine groups is 1. The van der Waals surface area contributed by atoms with Gasteiger partial charge in [0.1, 0.15) is 5.75 Å². The summed E-state index contributed by atoms with van der Waals surface area (Å²) in [6, 6.07) is 19.2. The highest BCUT2D eigenvalue weighted by atomic mass is 16.5. The van der Waals surface area contributed by atoms with E-state index in [1.165, 1.54) is 0 Å². The number of carbonyl (C=O) groups is 1. The normalized spacial score (nSPS) is 24.5. The molecule has 4 heterocycles. The van der Waals surface area contributed by atoms with Crippen LogP contribution in [-0.2, 0) is 10.5 Å². The number of nitrogens with zero attached hydrogens (tertiary/aromatic N) is 2. The highest BCUT2D eigenvalue weighted by Crippen LogP contribution is 2.52. The minimum Gasteiger partial charge on any atom is -0.457 e. The van der Waals surface area contributed by atoms with Crippen LogP contribution in [0.3, 0.4) is 0 Å².